The van der Waals surface area contributed by atoms with Crippen molar-refractivity contribution >= 4 is 38.7 Å². The summed E-state index contributed by atoms with van der Waals surface area (Å²) in [6.07, 6.45) is 3.16. The Labute approximate surface area is 93.6 Å². The second-order valence-electron chi connectivity index (χ2n) is 3.11. The minimum atomic E-state index is 0.681. The van der Waals surface area contributed by atoms with E-state index in [0.29, 0.717) is 5.58 Å². The molecule has 0 aliphatic rings. The van der Waals surface area contributed by atoms with Crippen molar-refractivity contribution in [1.29, 1.82) is 0 Å². The van der Waals surface area contributed by atoms with Crippen LogP contribution in [0.1, 0.15) is 0 Å². The highest BCUT2D eigenvalue weighted by Crippen LogP contribution is 2.33. The Hall–Kier alpha value is -1.57. The average molecular weight is 213 g/mol. The number of nitrogens with zero attached hydrogens (tertiary/aromatic N) is 2. The van der Waals surface area contributed by atoms with E-state index in [2.05, 4.69) is 9.97 Å². The Morgan fingerprint density at radius 2 is 2.20 bits per heavy atom. The van der Waals surface area contributed by atoms with E-state index >= 15 is 0 Å². The van der Waals surface area contributed by atoms with Gasteiger partial charge < -0.3 is 8.21 Å². The van der Waals surface area contributed by atoms with Crippen LogP contribution in [0.15, 0.2) is 35.1 Å². The fraction of sp³-hybridized carbons (Fsp3) is 0. The highest BCUT2D eigenvalue weighted by atomic mass is 27.1. The summed E-state index contributed by atoms with van der Waals surface area (Å²) in [5.74, 6) is 0.781. The van der Waals surface area contributed by atoms with Gasteiger partial charge in [-0.1, -0.05) is 6.07 Å². The van der Waals surface area contributed by atoms with E-state index in [4.69, 9.17) is 8.21 Å². The maximum Gasteiger partial charge on any atom is 0.494 e. The summed E-state index contributed by atoms with van der Waals surface area (Å²) in [7, 11) is 0. The normalized spacial score (nSPS) is 10.9. The lowest BCUT2D eigenvalue weighted by Crippen LogP contribution is -1.85. The number of aromatic nitrogens is 2. The third kappa shape index (κ3) is 1.21. The third-order valence-corrected chi connectivity index (χ3v) is 2.59. The number of hydrogen-bond acceptors (Lipinski definition) is 4. The van der Waals surface area contributed by atoms with Crippen molar-refractivity contribution in [3.63, 3.8) is 0 Å². The number of furan rings is 1. The first-order valence-corrected chi connectivity index (χ1v) is 5.01. The third-order valence-electron chi connectivity index (χ3n) is 2.28. The first kappa shape index (κ1) is 8.72. The molecular weight excluding hydrogens is 207 g/mol. The summed E-state index contributed by atoms with van der Waals surface area (Å²) in [5, 5.41) is 0.907. The van der Waals surface area contributed by atoms with Gasteiger partial charge in [0.2, 0.25) is 0 Å². The largest absolute Gasteiger partial charge is 0.650 e. The molecule has 4 nitrogen and oxygen atoms in total. The lowest BCUT2D eigenvalue weighted by atomic mass is 10.2. The summed E-state index contributed by atoms with van der Waals surface area (Å²) in [5.41, 5.74) is 2.25. The minimum Gasteiger partial charge on any atom is -0.650 e. The molecule has 2 heterocycles. The van der Waals surface area contributed by atoms with Crippen molar-refractivity contribution < 1.29 is 8.21 Å². The molecule has 1 aromatic carbocycles. The number of fused-ring (bicyclic) bond motifs is 3. The second-order valence-corrected chi connectivity index (χ2v) is 3.40. The molecule has 0 aliphatic carbocycles. The van der Waals surface area contributed by atoms with E-state index in [1.54, 1.807) is 6.20 Å². The molecule has 0 spiro atoms. The molecule has 0 fully saturated rings. The molecule has 0 saturated heterocycles. The van der Waals surface area contributed by atoms with Gasteiger partial charge in [0.15, 0.2) is 5.58 Å². The molecule has 0 unspecified atom stereocenters. The topological polar surface area (TPSA) is 48.2 Å². The van der Waals surface area contributed by atoms with Crippen molar-refractivity contribution in [2.24, 2.45) is 0 Å². The van der Waals surface area contributed by atoms with Gasteiger partial charge in [-0.05, 0) is 12.1 Å². The van der Waals surface area contributed by atoms with E-state index in [0.717, 1.165) is 22.2 Å². The molecule has 0 aliphatic heterocycles. The molecule has 3 aromatic rings. The van der Waals surface area contributed by atoms with Crippen LogP contribution in [0.2, 0.25) is 0 Å². The highest BCUT2D eigenvalue weighted by Gasteiger charge is 2.11. The van der Waals surface area contributed by atoms with Crippen LogP contribution >= 0.6 is 0 Å². The molecule has 15 heavy (non-hydrogen) atoms. The molecular formula is C10H6AlN2O2. The summed E-state index contributed by atoms with van der Waals surface area (Å²) in [4.78, 5) is 8.12. The van der Waals surface area contributed by atoms with Crippen LogP contribution < -0.4 is 3.79 Å². The second kappa shape index (κ2) is 3.23. The van der Waals surface area contributed by atoms with Crippen LogP contribution in [-0.4, -0.2) is 26.6 Å². The van der Waals surface area contributed by atoms with Gasteiger partial charge in [-0.2, -0.15) is 0 Å². The van der Waals surface area contributed by atoms with Gasteiger partial charge in [-0.25, -0.2) is 9.97 Å². The summed E-state index contributed by atoms with van der Waals surface area (Å²) in [6, 6.07) is 5.68. The zero-order valence-corrected chi connectivity index (χ0v) is 9.22. The monoisotopic (exact) mass is 213 g/mol. The van der Waals surface area contributed by atoms with Crippen molar-refractivity contribution in [3.8, 4) is 5.75 Å². The van der Waals surface area contributed by atoms with Crippen LogP contribution in [0.25, 0.3) is 22.1 Å². The zero-order chi connectivity index (χ0) is 10.3. The minimum absolute atomic E-state index is 0.681. The molecule has 0 bridgehead atoms. The lowest BCUT2D eigenvalue weighted by Gasteiger charge is -2.01. The van der Waals surface area contributed by atoms with Gasteiger partial charge in [0.1, 0.15) is 17.4 Å². The summed E-state index contributed by atoms with van der Waals surface area (Å²) < 4.78 is 10.9. The summed E-state index contributed by atoms with van der Waals surface area (Å²) >= 11 is 1.44. The van der Waals surface area contributed by atoms with Crippen LogP contribution in [0, 0.1) is 0 Å². The zero-order valence-electron chi connectivity index (χ0n) is 7.80. The van der Waals surface area contributed by atoms with Crippen molar-refractivity contribution in [3.05, 3.63) is 30.7 Å². The standard InChI is InChI=1S/C10H6N2O2.Al.H/c13-6-2-1-3-7-9(6)10-8(14-7)4-11-5-12-10;;/h1-5,13H;;/q;+1;/p-1. The predicted octanol–water partition coefficient (Wildman–Crippen LogP) is 1.57. The average Bonchev–Trinajstić information content (AvgIpc) is 2.67. The fourth-order valence-corrected chi connectivity index (χ4v) is 1.89. The molecule has 5 heteroatoms. The van der Waals surface area contributed by atoms with E-state index in [1.165, 1.54) is 23.0 Å². The van der Waals surface area contributed by atoms with Crippen LogP contribution in [0.4, 0.5) is 0 Å². The van der Waals surface area contributed by atoms with Gasteiger partial charge >= 0.3 is 16.6 Å². The molecule has 0 N–H and O–H groups in total. The maximum absolute atomic E-state index is 5.59. The Kier molecular flexibility index (Phi) is 1.88. The molecule has 1 radical (unpaired) electrons. The smallest absolute Gasteiger partial charge is 0.494 e. The number of rotatable bonds is 1. The predicted molar refractivity (Wildman–Crippen MR) is 57.1 cm³/mol. The first-order chi connectivity index (χ1) is 7.40. The van der Waals surface area contributed by atoms with Crippen LogP contribution in [-0.2, 0) is 0 Å². The van der Waals surface area contributed by atoms with E-state index < -0.39 is 0 Å². The van der Waals surface area contributed by atoms with E-state index in [9.17, 15) is 0 Å². The van der Waals surface area contributed by atoms with Crippen molar-refractivity contribution in [2.45, 2.75) is 0 Å². The first-order valence-electron chi connectivity index (χ1n) is 4.43. The highest BCUT2D eigenvalue weighted by molar-refractivity contribution is 6.08. The van der Waals surface area contributed by atoms with Gasteiger partial charge in [0.05, 0.1) is 17.3 Å². The number of hydrogen-bond donors (Lipinski definition) is 0. The van der Waals surface area contributed by atoms with Gasteiger partial charge in [-0.15, -0.1) is 0 Å². The van der Waals surface area contributed by atoms with E-state index in [-0.39, 0.29) is 0 Å². The van der Waals surface area contributed by atoms with Gasteiger partial charge in [0.25, 0.3) is 0 Å². The van der Waals surface area contributed by atoms with Gasteiger partial charge in [-0.3, -0.25) is 0 Å². The maximum atomic E-state index is 5.59. The van der Waals surface area contributed by atoms with E-state index in [1.807, 2.05) is 18.2 Å². The van der Waals surface area contributed by atoms with Crippen LogP contribution in [0.5, 0.6) is 5.75 Å². The Morgan fingerprint density at radius 1 is 1.27 bits per heavy atom. The Balaban J connectivity index is 2.56. The fourth-order valence-electron chi connectivity index (χ4n) is 1.65. The van der Waals surface area contributed by atoms with Crippen LogP contribution in [0.3, 0.4) is 0 Å². The molecule has 0 atom stereocenters. The number of benzene rings is 1. The SMILES string of the molecule is [AlH][O]c1cccc2oc3cncnc3c12. The van der Waals surface area contributed by atoms with Gasteiger partial charge in [0, 0.05) is 0 Å². The summed E-state index contributed by atoms with van der Waals surface area (Å²) in [6.45, 7) is 0. The lowest BCUT2D eigenvalue weighted by molar-refractivity contribution is 0.621. The molecule has 3 rings (SSSR count). The van der Waals surface area contributed by atoms with Crippen molar-refractivity contribution in [2.75, 3.05) is 0 Å². The molecule has 0 saturated carbocycles. The van der Waals surface area contributed by atoms with Crippen molar-refractivity contribution in [1.82, 2.24) is 9.97 Å². The molecule has 2 aromatic heterocycles. The Bertz CT molecular complexity index is 635. The Morgan fingerprint density at radius 3 is 3.07 bits per heavy atom. The quantitative estimate of drug-likeness (QED) is 0.575. The molecule has 71 valence electrons. The molecule has 0 amide bonds.